The molecule has 1 saturated heterocycles. The van der Waals surface area contributed by atoms with Crippen LogP contribution in [-0.4, -0.2) is 36.6 Å². The van der Waals surface area contributed by atoms with E-state index >= 15 is 0 Å². The number of benzene rings is 1. The monoisotopic (exact) mass is 331 g/mol. The number of ether oxygens (including phenoxy) is 1. The lowest BCUT2D eigenvalue weighted by atomic mass is 10.1. The summed E-state index contributed by atoms with van der Waals surface area (Å²) in [5.41, 5.74) is 0.591. The lowest BCUT2D eigenvalue weighted by Crippen LogP contribution is -2.40. The normalized spacial score (nSPS) is 17.3. The van der Waals surface area contributed by atoms with Gasteiger partial charge in [-0.05, 0) is 31.9 Å². The van der Waals surface area contributed by atoms with Gasteiger partial charge in [-0.2, -0.15) is 0 Å². The van der Waals surface area contributed by atoms with Gasteiger partial charge in [-0.3, -0.25) is 4.79 Å². The predicted molar refractivity (Wildman–Crippen MR) is 92.4 cm³/mol. The maximum Gasteiger partial charge on any atom is 0.255 e. The Bertz CT molecular complexity index is 645. The fourth-order valence-corrected chi connectivity index (χ4v) is 3.64. The zero-order chi connectivity index (χ0) is 16.1. The highest BCUT2D eigenvalue weighted by Crippen LogP contribution is 2.27. The van der Waals surface area contributed by atoms with Gasteiger partial charge in [0.25, 0.3) is 5.91 Å². The lowest BCUT2D eigenvalue weighted by Gasteiger charge is -2.24. The van der Waals surface area contributed by atoms with E-state index in [4.69, 9.17) is 4.74 Å². The van der Waals surface area contributed by atoms with Crippen molar-refractivity contribution in [2.75, 3.05) is 24.6 Å². The van der Waals surface area contributed by atoms with Gasteiger partial charge < -0.3 is 15.0 Å². The van der Waals surface area contributed by atoms with E-state index in [9.17, 15) is 4.79 Å². The summed E-state index contributed by atoms with van der Waals surface area (Å²) >= 11 is 1.65. The third-order valence-corrected chi connectivity index (χ3v) is 4.78. The minimum absolute atomic E-state index is 0.0833. The maximum atomic E-state index is 12.5. The molecule has 2 heterocycles. The van der Waals surface area contributed by atoms with E-state index in [2.05, 4.69) is 15.2 Å². The van der Waals surface area contributed by atoms with Crippen LogP contribution in [0.1, 0.15) is 30.1 Å². The van der Waals surface area contributed by atoms with E-state index in [1.807, 2.05) is 36.7 Å². The molecule has 0 saturated carbocycles. The van der Waals surface area contributed by atoms with Gasteiger partial charge in [0.15, 0.2) is 5.13 Å². The first kappa shape index (κ1) is 15.8. The summed E-state index contributed by atoms with van der Waals surface area (Å²) in [6.45, 7) is 4.09. The molecule has 1 fully saturated rings. The molecule has 1 amide bonds. The minimum Gasteiger partial charge on any atom is -0.493 e. The third-order valence-electron chi connectivity index (χ3n) is 3.97. The van der Waals surface area contributed by atoms with Crippen molar-refractivity contribution in [2.24, 2.45) is 0 Å². The maximum absolute atomic E-state index is 12.5. The third kappa shape index (κ3) is 3.64. The van der Waals surface area contributed by atoms with Gasteiger partial charge in [0.05, 0.1) is 12.2 Å². The molecule has 1 aromatic carbocycles. The van der Waals surface area contributed by atoms with Gasteiger partial charge in [0, 0.05) is 30.7 Å². The Balaban J connectivity index is 1.63. The van der Waals surface area contributed by atoms with E-state index in [1.165, 1.54) is 0 Å². The zero-order valence-corrected chi connectivity index (χ0v) is 14.0. The molecule has 6 heteroatoms. The van der Waals surface area contributed by atoms with Gasteiger partial charge in [-0.1, -0.05) is 12.1 Å². The van der Waals surface area contributed by atoms with E-state index in [0.717, 1.165) is 24.5 Å². The van der Waals surface area contributed by atoms with Crippen molar-refractivity contribution < 1.29 is 9.53 Å². The largest absolute Gasteiger partial charge is 0.493 e. The van der Waals surface area contributed by atoms with Crippen LogP contribution in [0.25, 0.3) is 0 Å². The van der Waals surface area contributed by atoms with E-state index < -0.39 is 0 Å². The van der Waals surface area contributed by atoms with Crippen LogP contribution in [0, 0.1) is 0 Å². The molecule has 23 heavy (non-hydrogen) atoms. The van der Waals surface area contributed by atoms with Crippen molar-refractivity contribution in [1.82, 2.24) is 10.3 Å². The number of para-hydroxylation sites is 1. The molecule has 0 bridgehead atoms. The van der Waals surface area contributed by atoms with Gasteiger partial charge >= 0.3 is 0 Å². The molecule has 122 valence electrons. The fourth-order valence-electron chi connectivity index (χ4n) is 2.90. The molecule has 1 aliphatic rings. The molecule has 0 spiro atoms. The quantitative estimate of drug-likeness (QED) is 0.884. The summed E-state index contributed by atoms with van der Waals surface area (Å²) in [6.07, 6.45) is 4.04. The first-order chi connectivity index (χ1) is 11.3. The average Bonchev–Trinajstić information content (AvgIpc) is 3.24. The molecule has 5 nitrogen and oxygen atoms in total. The number of hydrogen-bond acceptors (Lipinski definition) is 5. The number of amides is 1. The van der Waals surface area contributed by atoms with Crippen LogP contribution in [-0.2, 0) is 0 Å². The number of nitrogens with zero attached hydrogens (tertiary/aromatic N) is 2. The Labute approximate surface area is 140 Å². The smallest absolute Gasteiger partial charge is 0.255 e. The Morgan fingerprint density at radius 1 is 1.48 bits per heavy atom. The molecule has 0 aliphatic carbocycles. The number of hydrogen-bond donors (Lipinski definition) is 1. The standard InChI is InChI=1S/C17H21N3O2S/c1-2-22-15-8-4-3-7-14(15)16(21)19-12-13-6-5-10-20(13)17-18-9-11-23-17/h3-4,7-9,11,13H,2,5-6,10,12H2,1H3,(H,19,21). The Kier molecular flexibility index (Phi) is 5.12. The number of thiazole rings is 1. The second kappa shape index (κ2) is 7.46. The molecule has 2 aromatic rings. The highest BCUT2D eigenvalue weighted by atomic mass is 32.1. The van der Waals surface area contributed by atoms with Crippen LogP contribution < -0.4 is 15.0 Å². The van der Waals surface area contributed by atoms with Crippen molar-refractivity contribution >= 4 is 22.4 Å². The second-order valence-electron chi connectivity index (χ2n) is 5.44. The van der Waals surface area contributed by atoms with Crippen LogP contribution >= 0.6 is 11.3 Å². The van der Waals surface area contributed by atoms with E-state index in [0.29, 0.717) is 30.5 Å². The summed E-state index contributed by atoms with van der Waals surface area (Å²) in [6, 6.07) is 7.67. The van der Waals surface area contributed by atoms with Crippen LogP contribution in [0.4, 0.5) is 5.13 Å². The van der Waals surface area contributed by atoms with Crippen molar-refractivity contribution in [3.63, 3.8) is 0 Å². The summed E-state index contributed by atoms with van der Waals surface area (Å²) in [5, 5.41) is 6.07. The first-order valence-corrected chi connectivity index (χ1v) is 8.83. The summed E-state index contributed by atoms with van der Waals surface area (Å²) in [7, 11) is 0. The minimum atomic E-state index is -0.0833. The van der Waals surface area contributed by atoms with Gasteiger partial charge in [-0.25, -0.2) is 4.98 Å². The molecule has 1 atom stereocenters. The SMILES string of the molecule is CCOc1ccccc1C(=O)NCC1CCCN1c1nccs1. The van der Waals surface area contributed by atoms with Gasteiger partial charge in [0.1, 0.15) is 5.75 Å². The number of aromatic nitrogens is 1. The molecular formula is C17H21N3O2S. The molecule has 1 aliphatic heterocycles. The van der Waals surface area contributed by atoms with Gasteiger partial charge in [0.2, 0.25) is 0 Å². The molecular weight excluding hydrogens is 310 g/mol. The fraction of sp³-hybridized carbons (Fsp3) is 0.412. The number of rotatable bonds is 6. The van der Waals surface area contributed by atoms with Crippen molar-refractivity contribution in [2.45, 2.75) is 25.8 Å². The topological polar surface area (TPSA) is 54.5 Å². The van der Waals surface area contributed by atoms with Crippen molar-refractivity contribution in [3.8, 4) is 5.75 Å². The highest BCUT2D eigenvalue weighted by molar-refractivity contribution is 7.13. The summed E-state index contributed by atoms with van der Waals surface area (Å²) in [4.78, 5) is 19.1. The molecule has 0 radical (unpaired) electrons. The second-order valence-corrected chi connectivity index (χ2v) is 6.32. The zero-order valence-electron chi connectivity index (χ0n) is 13.2. The number of carbonyl (C=O) groups is 1. The van der Waals surface area contributed by atoms with Crippen LogP contribution in [0.3, 0.4) is 0 Å². The molecule has 3 rings (SSSR count). The van der Waals surface area contributed by atoms with Crippen LogP contribution in [0.15, 0.2) is 35.8 Å². The molecule has 1 unspecified atom stereocenters. The molecule has 1 aromatic heterocycles. The Hall–Kier alpha value is -2.08. The Morgan fingerprint density at radius 2 is 2.35 bits per heavy atom. The van der Waals surface area contributed by atoms with Crippen LogP contribution in [0.5, 0.6) is 5.75 Å². The number of anilines is 1. The van der Waals surface area contributed by atoms with E-state index in [1.54, 1.807) is 17.4 Å². The summed E-state index contributed by atoms with van der Waals surface area (Å²) < 4.78 is 5.53. The summed E-state index contributed by atoms with van der Waals surface area (Å²) in [5.74, 6) is 0.552. The van der Waals surface area contributed by atoms with Gasteiger partial charge in [-0.15, -0.1) is 11.3 Å². The van der Waals surface area contributed by atoms with Crippen molar-refractivity contribution in [3.05, 3.63) is 41.4 Å². The van der Waals surface area contributed by atoms with Crippen molar-refractivity contribution in [1.29, 1.82) is 0 Å². The van der Waals surface area contributed by atoms with Crippen LogP contribution in [0.2, 0.25) is 0 Å². The predicted octanol–water partition coefficient (Wildman–Crippen LogP) is 2.94. The van der Waals surface area contributed by atoms with E-state index in [-0.39, 0.29) is 5.91 Å². The first-order valence-electron chi connectivity index (χ1n) is 7.95. The lowest BCUT2D eigenvalue weighted by molar-refractivity contribution is 0.0947. The average molecular weight is 331 g/mol. The number of nitrogens with one attached hydrogen (secondary N) is 1. The highest BCUT2D eigenvalue weighted by Gasteiger charge is 2.27. The number of carbonyl (C=O) groups excluding carboxylic acids is 1. The molecule has 1 N–H and O–H groups in total. The Morgan fingerprint density at radius 3 is 3.13 bits per heavy atom.